The average Bonchev–Trinajstić information content (AvgIpc) is 3.31. The van der Waals surface area contributed by atoms with Gasteiger partial charge in [0.1, 0.15) is 17.5 Å². The van der Waals surface area contributed by atoms with E-state index >= 15 is 0 Å². The number of hydrogen-bond acceptors (Lipinski definition) is 4. The van der Waals surface area contributed by atoms with E-state index in [2.05, 4.69) is 0 Å². The molecule has 4 nitrogen and oxygen atoms in total. The topological polar surface area (TPSA) is 48.1 Å². The van der Waals surface area contributed by atoms with Crippen LogP contribution in [0, 0.1) is 6.92 Å². The highest BCUT2D eigenvalue weighted by Gasteiger charge is 2.66. The number of esters is 1. The number of methoxy groups -OCH3 is 1. The summed E-state index contributed by atoms with van der Waals surface area (Å²) in [6.45, 7) is 7.59. The Morgan fingerprint density at radius 3 is 2.16 bits per heavy atom. The van der Waals surface area contributed by atoms with Crippen LogP contribution in [0.2, 0.25) is 0 Å². The van der Waals surface area contributed by atoms with E-state index in [4.69, 9.17) is 14.2 Å². The van der Waals surface area contributed by atoms with Gasteiger partial charge in [0, 0.05) is 0 Å². The smallest absolute Gasteiger partial charge is 0.346 e. The lowest BCUT2D eigenvalue weighted by Gasteiger charge is -2.23. The van der Waals surface area contributed by atoms with E-state index < -0.39 is 11.2 Å². The highest BCUT2D eigenvalue weighted by Crippen LogP contribution is 2.58. The van der Waals surface area contributed by atoms with Gasteiger partial charge in [-0.05, 0) is 51.0 Å². The zero-order chi connectivity index (χ0) is 18.2. The summed E-state index contributed by atoms with van der Waals surface area (Å²) in [7, 11) is 1.62. The number of carbonyl (C=O) groups excluding carboxylic acids is 1. The van der Waals surface area contributed by atoms with Crippen LogP contribution in [-0.2, 0) is 19.9 Å². The molecule has 0 saturated carbocycles. The molecule has 1 aliphatic heterocycles. The van der Waals surface area contributed by atoms with Crippen LogP contribution < -0.4 is 4.74 Å². The lowest BCUT2D eigenvalue weighted by Crippen LogP contribution is -2.33. The summed E-state index contributed by atoms with van der Waals surface area (Å²) >= 11 is 0. The number of ether oxygens (including phenoxy) is 3. The van der Waals surface area contributed by atoms with E-state index in [0.29, 0.717) is 0 Å². The van der Waals surface area contributed by atoms with Crippen LogP contribution in [0.1, 0.15) is 43.6 Å². The molecule has 0 aliphatic carbocycles. The summed E-state index contributed by atoms with van der Waals surface area (Å²) in [4.78, 5) is 13.0. The highest BCUT2D eigenvalue weighted by molar-refractivity contribution is 5.86. The van der Waals surface area contributed by atoms with E-state index in [1.54, 1.807) is 7.11 Å². The van der Waals surface area contributed by atoms with Crippen LogP contribution in [0.3, 0.4) is 0 Å². The molecule has 0 unspecified atom stereocenters. The molecule has 2 aromatic rings. The molecule has 0 spiro atoms. The molecular weight excluding hydrogens is 316 g/mol. The van der Waals surface area contributed by atoms with Crippen molar-refractivity contribution in [3.63, 3.8) is 0 Å². The molecule has 4 heteroatoms. The number of carbonyl (C=O) groups is 1. The molecular formula is C21H24O4. The van der Waals surface area contributed by atoms with Gasteiger partial charge < -0.3 is 14.2 Å². The third-order valence-corrected chi connectivity index (χ3v) is 4.22. The third-order valence-electron chi connectivity index (χ3n) is 4.22. The highest BCUT2D eigenvalue weighted by atomic mass is 16.7. The van der Waals surface area contributed by atoms with Crippen LogP contribution in [0.5, 0.6) is 5.75 Å². The quantitative estimate of drug-likeness (QED) is 0.614. The van der Waals surface area contributed by atoms with E-state index in [1.165, 1.54) is 0 Å². The second-order valence-electron chi connectivity index (χ2n) is 7.37. The Kier molecular flexibility index (Phi) is 4.33. The predicted octanol–water partition coefficient (Wildman–Crippen LogP) is 4.31. The fourth-order valence-electron chi connectivity index (χ4n) is 2.88. The van der Waals surface area contributed by atoms with Gasteiger partial charge in [0.15, 0.2) is 0 Å². The SMILES string of the molecule is COc1ccc([C@@H]2O[C@@]2(C(=O)OC(C)(C)C)c2ccc(C)cc2)cc1. The van der Waals surface area contributed by atoms with Crippen LogP contribution in [0.4, 0.5) is 0 Å². The molecule has 0 N–H and O–H groups in total. The molecule has 1 aliphatic rings. The molecule has 0 radical (unpaired) electrons. The Morgan fingerprint density at radius 1 is 1.04 bits per heavy atom. The predicted molar refractivity (Wildman–Crippen MR) is 95.5 cm³/mol. The second-order valence-corrected chi connectivity index (χ2v) is 7.37. The minimum absolute atomic E-state index is 0.357. The largest absolute Gasteiger partial charge is 0.497 e. The van der Waals surface area contributed by atoms with Crippen LogP contribution in [0.25, 0.3) is 0 Å². The van der Waals surface area contributed by atoms with E-state index in [9.17, 15) is 4.79 Å². The van der Waals surface area contributed by atoms with E-state index in [-0.39, 0.29) is 12.1 Å². The van der Waals surface area contributed by atoms with Crippen molar-refractivity contribution in [1.29, 1.82) is 0 Å². The van der Waals surface area contributed by atoms with Gasteiger partial charge in [-0.3, -0.25) is 0 Å². The molecule has 1 heterocycles. The number of aryl methyl sites for hydroxylation is 1. The first-order chi connectivity index (χ1) is 11.8. The first-order valence-electron chi connectivity index (χ1n) is 8.38. The summed E-state index contributed by atoms with van der Waals surface area (Å²) in [5.41, 5.74) is 1.20. The Morgan fingerprint density at radius 2 is 1.64 bits per heavy atom. The summed E-state index contributed by atoms with van der Waals surface area (Å²) in [6.07, 6.45) is -0.365. The van der Waals surface area contributed by atoms with E-state index in [0.717, 1.165) is 22.4 Å². The maximum Gasteiger partial charge on any atom is 0.346 e. The maximum atomic E-state index is 13.0. The molecule has 0 amide bonds. The van der Waals surface area contributed by atoms with Crippen molar-refractivity contribution in [3.8, 4) is 5.75 Å². The van der Waals surface area contributed by atoms with Crippen molar-refractivity contribution in [2.24, 2.45) is 0 Å². The molecule has 2 aromatic carbocycles. The van der Waals surface area contributed by atoms with Crippen LogP contribution in [0.15, 0.2) is 48.5 Å². The zero-order valence-electron chi connectivity index (χ0n) is 15.3. The number of hydrogen-bond donors (Lipinski definition) is 0. The number of rotatable bonds is 4. The Bertz CT molecular complexity index is 756. The van der Waals surface area contributed by atoms with Crippen molar-refractivity contribution in [2.45, 2.75) is 45.0 Å². The van der Waals surface area contributed by atoms with Crippen LogP contribution >= 0.6 is 0 Å². The van der Waals surface area contributed by atoms with Gasteiger partial charge in [-0.15, -0.1) is 0 Å². The van der Waals surface area contributed by atoms with Crippen molar-refractivity contribution in [3.05, 3.63) is 65.2 Å². The summed E-state index contributed by atoms with van der Waals surface area (Å²) in [5.74, 6) is 0.410. The van der Waals surface area contributed by atoms with Crippen LogP contribution in [-0.4, -0.2) is 18.7 Å². The van der Waals surface area contributed by atoms with Gasteiger partial charge in [0.2, 0.25) is 5.60 Å². The Hall–Kier alpha value is -2.33. The van der Waals surface area contributed by atoms with Crippen molar-refractivity contribution < 1.29 is 19.0 Å². The van der Waals surface area contributed by atoms with Gasteiger partial charge in [-0.2, -0.15) is 0 Å². The van der Waals surface area contributed by atoms with Gasteiger partial charge >= 0.3 is 5.97 Å². The van der Waals surface area contributed by atoms with Crippen molar-refractivity contribution in [2.75, 3.05) is 7.11 Å². The van der Waals surface area contributed by atoms with Crippen molar-refractivity contribution in [1.82, 2.24) is 0 Å². The maximum absolute atomic E-state index is 13.0. The minimum Gasteiger partial charge on any atom is -0.497 e. The molecule has 1 fully saturated rings. The monoisotopic (exact) mass is 340 g/mol. The van der Waals surface area contributed by atoms with Crippen molar-refractivity contribution >= 4 is 5.97 Å². The summed E-state index contributed by atoms with van der Waals surface area (Å²) in [6, 6.07) is 15.4. The molecule has 1 saturated heterocycles. The molecule has 2 atom stereocenters. The number of epoxide rings is 1. The lowest BCUT2D eigenvalue weighted by molar-refractivity contribution is -0.162. The average molecular weight is 340 g/mol. The molecule has 3 rings (SSSR count). The minimum atomic E-state index is -1.09. The molecule has 25 heavy (non-hydrogen) atoms. The Balaban J connectivity index is 1.96. The second kappa shape index (κ2) is 6.19. The third kappa shape index (κ3) is 3.40. The fraction of sp³-hybridized carbons (Fsp3) is 0.381. The van der Waals surface area contributed by atoms with E-state index in [1.807, 2.05) is 76.2 Å². The zero-order valence-corrected chi connectivity index (χ0v) is 15.3. The number of benzene rings is 2. The molecule has 132 valence electrons. The lowest BCUT2D eigenvalue weighted by atomic mass is 9.91. The first-order valence-corrected chi connectivity index (χ1v) is 8.38. The summed E-state index contributed by atoms with van der Waals surface area (Å²) < 4.78 is 16.8. The van der Waals surface area contributed by atoms with Gasteiger partial charge in [-0.1, -0.05) is 42.0 Å². The van der Waals surface area contributed by atoms with Gasteiger partial charge in [0.25, 0.3) is 0 Å². The Labute approximate surface area is 148 Å². The summed E-state index contributed by atoms with van der Waals surface area (Å²) in [5, 5.41) is 0. The molecule has 0 aromatic heterocycles. The van der Waals surface area contributed by atoms with Gasteiger partial charge in [0.05, 0.1) is 7.11 Å². The van der Waals surface area contributed by atoms with Gasteiger partial charge in [-0.25, -0.2) is 4.79 Å². The molecule has 0 bridgehead atoms. The first kappa shape index (κ1) is 17.5. The normalized spacial score (nSPS) is 22.4. The fourth-order valence-corrected chi connectivity index (χ4v) is 2.88. The standard InChI is InChI=1S/C21H24O4/c1-14-6-10-16(11-7-14)21(19(22)25-20(2,3)4)18(24-21)15-8-12-17(23-5)13-9-15/h6-13,18H,1-5H3/t18-,21-/m0/s1.